The molecule has 0 nitrogen and oxygen atoms in total. The van der Waals surface area contributed by atoms with Crippen LogP contribution in [0.15, 0.2) is 140 Å². The topological polar surface area (TPSA) is 0 Å². The predicted octanol–water partition coefficient (Wildman–Crippen LogP) is 15.9. The van der Waals surface area contributed by atoms with Crippen LogP contribution in [0.1, 0.15) is 95.6 Å². The van der Waals surface area contributed by atoms with Crippen LogP contribution in [0.2, 0.25) is 0 Å². The fraction of sp³-hybridized carbons (Fsp3) is 0.283. The Morgan fingerprint density at radius 1 is 0.509 bits per heavy atom. The summed E-state index contributed by atoms with van der Waals surface area (Å²) in [5.74, 6) is 0.321. The molecule has 278 valence electrons. The Labute approximate surface area is 342 Å². The van der Waals surface area contributed by atoms with Crippen molar-refractivity contribution >= 4 is 78.0 Å². The SMILES string of the molecule is CC12C=Cc3ccccc3C1c1c(ccc3ccccc13)[C@H]([C@H]1c3ccc4ccccc4c3-c3c(ccc4ccccc34)CI1C(C)(C)C)I(C(C)(C)C)C2. The Morgan fingerprint density at radius 3 is 1.71 bits per heavy atom. The van der Waals surface area contributed by atoms with Crippen LogP contribution in [0, 0.1) is 5.41 Å². The summed E-state index contributed by atoms with van der Waals surface area (Å²) in [5, 5.41) is 8.40. The molecule has 1 aliphatic carbocycles. The standard InChI is InChI=1S/C53H52I2/c1-51(2,3)54-32-38-25-24-34-16-8-12-20-39(34)45(38)46-40-21-13-9-17-35(40)26-28-43(46)49(54)50-44-29-27-36-18-10-14-22-41(36)47(44)48-42-23-15-11-19-37(42)30-31-53(48,7)33-55(50)52(4,5)6/h8-31,48-50H,32-33H2,1-7H3/t48?,49-,50-,53?/m1/s1. The molecule has 4 atom stereocenters. The summed E-state index contributed by atoms with van der Waals surface area (Å²) >= 11 is -3.83. The van der Waals surface area contributed by atoms with Gasteiger partial charge in [-0.1, -0.05) is 0 Å². The predicted molar refractivity (Wildman–Crippen MR) is 258 cm³/mol. The summed E-state index contributed by atoms with van der Waals surface area (Å²) in [5.41, 5.74) is 12.6. The van der Waals surface area contributed by atoms with E-state index >= 15 is 0 Å². The molecule has 0 aromatic heterocycles. The van der Waals surface area contributed by atoms with Gasteiger partial charge in [0.05, 0.1) is 0 Å². The summed E-state index contributed by atoms with van der Waals surface area (Å²) < 4.78 is 4.06. The third-order valence-electron chi connectivity index (χ3n) is 12.7. The molecule has 0 saturated heterocycles. The maximum atomic E-state index is 2.67. The van der Waals surface area contributed by atoms with Gasteiger partial charge in [0.1, 0.15) is 0 Å². The molecular formula is C53H52I2. The van der Waals surface area contributed by atoms with Crippen molar-refractivity contribution < 1.29 is 0 Å². The van der Waals surface area contributed by atoms with Crippen LogP contribution in [0.25, 0.3) is 49.5 Å². The van der Waals surface area contributed by atoms with Crippen molar-refractivity contribution in [3.8, 4) is 11.1 Å². The van der Waals surface area contributed by atoms with E-state index in [0.29, 0.717) is 13.8 Å². The van der Waals surface area contributed by atoms with Crippen LogP contribution in [-0.2, 0) is 4.43 Å². The van der Waals surface area contributed by atoms with Crippen LogP contribution < -0.4 is 0 Å². The molecule has 0 bridgehead atoms. The number of alkyl halides is 6. The van der Waals surface area contributed by atoms with E-state index in [-0.39, 0.29) is 12.3 Å². The van der Waals surface area contributed by atoms with E-state index in [4.69, 9.17) is 0 Å². The summed E-state index contributed by atoms with van der Waals surface area (Å²) in [7, 11) is 0. The van der Waals surface area contributed by atoms with Gasteiger partial charge < -0.3 is 0 Å². The summed E-state index contributed by atoms with van der Waals surface area (Å²) in [6, 6.07) is 52.5. The monoisotopic (exact) mass is 942 g/mol. The number of halogens is 2. The van der Waals surface area contributed by atoms with Crippen molar-refractivity contribution in [2.45, 2.75) is 73.5 Å². The molecule has 2 heterocycles. The van der Waals surface area contributed by atoms with Crippen molar-refractivity contribution in [1.82, 2.24) is 0 Å². The molecule has 0 saturated carbocycles. The molecule has 0 fully saturated rings. The van der Waals surface area contributed by atoms with Crippen molar-refractivity contribution in [3.05, 3.63) is 173 Å². The Morgan fingerprint density at radius 2 is 1.04 bits per heavy atom. The first kappa shape index (κ1) is 35.9. The normalized spacial score (nSPS) is 23.4. The number of hydrogen-bond donors (Lipinski definition) is 0. The van der Waals surface area contributed by atoms with Crippen molar-refractivity contribution in [2.24, 2.45) is 5.41 Å². The molecule has 7 aromatic carbocycles. The van der Waals surface area contributed by atoms with E-state index < -0.39 is 39.6 Å². The number of hydrogen-bond acceptors (Lipinski definition) is 0. The van der Waals surface area contributed by atoms with Gasteiger partial charge in [-0.2, -0.15) is 0 Å². The Balaban J connectivity index is 1.37. The Kier molecular flexibility index (Phi) is 8.50. The van der Waals surface area contributed by atoms with Gasteiger partial charge in [-0.15, -0.1) is 0 Å². The van der Waals surface area contributed by atoms with E-state index in [2.05, 4.69) is 194 Å². The number of benzene rings is 7. The Bertz CT molecular complexity index is 2690. The van der Waals surface area contributed by atoms with Crippen LogP contribution in [0.3, 0.4) is 0 Å². The van der Waals surface area contributed by atoms with Crippen LogP contribution in [0.4, 0.5) is 0 Å². The zero-order valence-corrected chi connectivity index (χ0v) is 37.6. The fourth-order valence-corrected chi connectivity index (χ4v) is 30.9. The second kappa shape index (κ2) is 13.0. The molecule has 10 rings (SSSR count). The molecule has 0 radical (unpaired) electrons. The first-order valence-corrected chi connectivity index (χ1v) is 27.7. The van der Waals surface area contributed by atoms with Gasteiger partial charge in [0.2, 0.25) is 0 Å². The number of rotatable bonds is 1. The molecular weight excluding hydrogens is 890 g/mol. The van der Waals surface area contributed by atoms with Gasteiger partial charge in [-0.05, 0) is 0 Å². The van der Waals surface area contributed by atoms with E-state index in [9.17, 15) is 0 Å². The molecule has 2 heteroatoms. The summed E-state index contributed by atoms with van der Waals surface area (Å²) in [6.07, 6.45) is 5.15. The molecule has 2 aliphatic heterocycles. The average molecular weight is 943 g/mol. The zero-order chi connectivity index (χ0) is 37.9. The molecule has 7 aromatic rings. The molecule has 0 N–H and O–H groups in total. The van der Waals surface area contributed by atoms with Crippen molar-refractivity contribution in [2.75, 3.05) is 4.43 Å². The van der Waals surface area contributed by atoms with Crippen molar-refractivity contribution in [3.63, 3.8) is 0 Å². The van der Waals surface area contributed by atoms with Gasteiger partial charge in [0.15, 0.2) is 0 Å². The van der Waals surface area contributed by atoms with E-state index in [0.717, 1.165) is 0 Å². The van der Waals surface area contributed by atoms with Gasteiger partial charge in [-0.25, -0.2) is 0 Å². The minimum absolute atomic E-state index is 0.0387. The average Bonchev–Trinajstić information content (AvgIpc) is 3.41. The maximum absolute atomic E-state index is 2.67. The molecule has 2 unspecified atom stereocenters. The Hall–Kier alpha value is -3.48. The first-order valence-electron chi connectivity index (χ1n) is 20.0. The van der Waals surface area contributed by atoms with E-state index in [1.807, 2.05) is 0 Å². The summed E-state index contributed by atoms with van der Waals surface area (Å²) in [6.45, 7) is 18.4. The molecule has 3 aliphatic rings. The fourth-order valence-electron chi connectivity index (χ4n) is 10.3. The van der Waals surface area contributed by atoms with Gasteiger partial charge >= 0.3 is 345 Å². The minimum atomic E-state index is -1.92. The third kappa shape index (κ3) is 5.69. The number of fused-ring (bicyclic) bond motifs is 14. The molecule has 55 heavy (non-hydrogen) atoms. The second-order valence-electron chi connectivity index (χ2n) is 18.3. The third-order valence-corrected chi connectivity index (χ3v) is 32.5. The first-order chi connectivity index (χ1) is 26.4. The van der Waals surface area contributed by atoms with Crippen molar-refractivity contribution in [1.29, 1.82) is 0 Å². The molecule has 0 amide bonds. The van der Waals surface area contributed by atoms with Crippen LogP contribution >= 0.6 is 39.6 Å². The van der Waals surface area contributed by atoms with E-state index in [1.165, 1.54) is 63.4 Å². The van der Waals surface area contributed by atoms with Gasteiger partial charge in [0.25, 0.3) is 0 Å². The van der Waals surface area contributed by atoms with Gasteiger partial charge in [0, 0.05) is 0 Å². The van der Waals surface area contributed by atoms with Crippen LogP contribution in [-0.4, -0.2) is 11.3 Å². The quantitative estimate of drug-likeness (QED) is 0.114. The molecule has 0 spiro atoms. The summed E-state index contributed by atoms with van der Waals surface area (Å²) in [4.78, 5) is 0. The van der Waals surface area contributed by atoms with E-state index in [1.54, 1.807) is 22.3 Å². The van der Waals surface area contributed by atoms with Gasteiger partial charge in [-0.3, -0.25) is 0 Å². The second-order valence-corrected chi connectivity index (χ2v) is 33.5. The number of allylic oxidation sites excluding steroid dienone is 1. The zero-order valence-electron chi connectivity index (χ0n) is 33.3. The van der Waals surface area contributed by atoms with Crippen LogP contribution in [0.5, 0.6) is 0 Å².